The Morgan fingerprint density at radius 3 is 2.38 bits per heavy atom. The van der Waals surface area contributed by atoms with Crippen LogP contribution in [0.25, 0.3) is 0 Å². The first-order chi connectivity index (χ1) is 10.4. The third kappa shape index (κ3) is 11.3. The van der Waals surface area contributed by atoms with Crippen molar-refractivity contribution in [3.8, 4) is 0 Å². The molecule has 0 bridgehead atoms. The third-order valence-corrected chi connectivity index (χ3v) is 3.24. The van der Waals surface area contributed by atoms with E-state index in [0.29, 0.717) is 6.54 Å². The summed E-state index contributed by atoms with van der Waals surface area (Å²) >= 11 is 0. The minimum absolute atomic E-state index is 0.226. The normalized spacial score (nSPS) is 10.9. The number of hydrogen-bond acceptors (Lipinski definition) is 5. The van der Waals surface area contributed by atoms with E-state index in [1.165, 1.54) is 19.3 Å². The van der Waals surface area contributed by atoms with E-state index in [9.17, 15) is 0 Å². The molecule has 0 aliphatic heterocycles. The molecule has 0 fully saturated rings. The van der Waals surface area contributed by atoms with E-state index < -0.39 is 0 Å². The highest BCUT2D eigenvalue weighted by Gasteiger charge is 1.96. The predicted octanol–water partition coefficient (Wildman–Crippen LogP) is 1.96. The Labute approximate surface area is 128 Å². The predicted molar refractivity (Wildman–Crippen MR) is 84.2 cm³/mol. The topological polar surface area (TPSA) is 67.3 Å². The molecule has 0 radical (unpaired) electrons. The Hall–Kier alpha value is -1.04. The van der Waals surface area contributed by atoms with E-state index in [-0.39, 0.29) is 6.61 Å². The maximum Gasteiger partial charge on any atom is 0.128 e. The lowest BCUT2D eigenvalue weighted by Gasteiger charge is -2.05. The first kappa shape index (κ1) is 18.0. The summed E-state index contributed by atoms with van der Waals surface area (Å²) < 4.78 is 5.63. The standard InChI is InChI=1S/C16H29N3O2/c20-13-12-17-9-4-1-2-5-14-21-15-6-3-8-16-18-10-7-11-19-16/h7,10-11,17,20H,1-6,8-9,12-15H2. The van der Waals surface area contributed by atoms with E-state index >= 15 is 0 Å². The smallest absolute Gasteiger partial charge is 0.128 e. The number of aryl methyl sites for hydroxylation is 1. The second-order valence-corrected chi connectivity index (χ2v) is 5.12. The molecule has 0 atom stereocenters. The van der Waals surface area contributed by atoms with Crippen LogP contribution in [0.2, 0.25) is 0 Å². The number of nitrogens with zero attached hydrogens (tertiary/aromatic N) is 2. The van der Waals surface area contributed by atoms with Crippen molar-refractivity contribution in [3.63, 3.8) is 0 Å². The van der Waals surface area contributed by atoms with Crippen LogP contribution < -0.4 is 5.32 Å². The van der Waals surface area contributed by atoms with Gasteiger partial charge in [-0.15, -0.1) is 0 Å². The van der Waals surface area contributed by atoms with Gasteiger partial charge in [0.25, 0.3) is 0 Å². The summed E-state index contributed by atoms with van der Waals surface area (Å²) in [5.74, 6) is 0.923. The summed E-state index contributed by atoms with van der Waals surface area (Å²) in [5.41, 5.74) is 0. The molecule has 0 aliphatic rings. The Kier molecular flexibility index (Phi) is 11.9. The van der Waals surface area contributed by atoms with Gasteiger partial charge in [0, 0.05) is 38.6 Å². The average molecular weight is 295 g/mol. The van der Waals surface area contributed by atoms with Crippen LogP contribution in [0.5, 0.6) is 0 Å². The molecule has 0 spiro atoms. The number of hydrogen-bond donors (Lipinski definition) is 2. The number of unbranched alkanes of at least 4 members (excludes halogenated alkanes) is 4. The van der Waals surface area contributed by atoms with Crippen molar-refractivity contribution in [1.82, 2.24) is 15.3 Å². The van der Waals surface area contributed by atoms with E-state index in [1.54, 1.807) is 12.4 Å². The average Bonchev–Trinajstić information content (AvgIpc) is 2.53. The molecule has 1 aromatic rings. The van der Waals surface area contributed by atoms with Gasteiger partial charge in [0.1, 0.15) is 5.82 Å². The fraction of sp³-hybridized carbons (Fsp3) is 0.750. The fourth-order valence-corrected chi connectivity index (χ4v) is 2.06. The Morgan fingerprint density at radius 2 is 1.62 bits per heavy atom. The van der Waals surface area contributed by atoms with Crippen LogP contribution in [0.15, 0.2) is 18.5 Å². The van der Waals surface area contributed by atoms with Crippen LogP contribution >= 0.6 is 0 Å². The SMILES string of the molecule is OCCNCCCCCCOCCCCc1ncccn1. The van der Waals surface area contributed by atoms with Crippen LogP contribution in [0.1, 0.15) is 44.3 Å². The highest BCUT2D eigenvalue weighted by atomic mass is 16.5. The van der Waals surface area contributed by atoms with Crippen LogP contribution in [0.4, 0.5) is 0 Å². The Bertz CT molecular complexity index is 323. The first-order valence-electron chi connectivity index (χ1n) is 8.08. The molecule has 0 aliphatic carbocycles. The zero-order chi connectivity index (χ0) is 15.0. The maximum absolute atomic E-state index is 8.61. The van der Waals surface area contributed by atoms with E-state index in [1.807, 2.05) is 6.07 Å². The molecule has 1 aromatic heterocycles. The van der Waals surface area contributed by atoms with E-state index in [2.05, 4.69) is 15.3 Å². The van der Waals surface area contributed by atoms with Crippen LogP contribution in [0, 0.1) is 0 Å². The number of aromatic nitrogens is 2. The molecule has 120 valence electrons. The highest BCUT2D eigenvalue weighted by Crippen LogP contribution is 2.01. The van der Waals surface area contributed by atoms with Gasteiger partial charge in [0.2, 0.25) is 0 Å². The number of ether oxygens (including phenoxy) is 1. The van der Waals surface area contributed by atoms with Crippen LogP contribution in [-0.4, -0.2) is 48.0 Å². The van der Waals surface area contributed by atoms with Crippen molar-refractivity contribution < 1.29 is 9.84 Å². The van der Waals surface area contributed by atoms with Crippen molar-refractivity contribution in [2.75, 3.05) is 32.9 Å². The molecule has 1 rings (SSSR count). The summed E-state index contributed by atoms with van der Waals surface area (Å²) in [6.07, 6.45) is 11.4. The monoisotopic (exact) mass is 295 g/mol. The molecule has 0 saturated carbocycles. The quantitative estimate of drug-likeness (QED) is 0.514. The molecule has 0 aromatic carbocycles. The lowest BCUT2D eigenvalue weighted by atomic mass is 10.2. The second kappa shape index (κ2) is 13.9. The summed E-state index contributed by atoms with van der Waals surface area (Å²) in [6.45, 7) is 3.64. The zero-order valence-electron chi connectivity index (χ0n) is 13.0. The van der Waals surface area contributed by atoms with Gasteiger partial charge in [-0.3, -0.25) is 0 Å². The lowest BCUT2D eigenvalue weighted by Crippen LogP contribution is -2.19. The minimum Gasteiger partial charge on any atom is -0.395 e. The van der Waals surface area contributed by atoms with E-state index in [0.717, 1.165) is 51.3 Å². The summed E-state index contributed by atoms with van der Waals surface area (Å²) in [7, 11) is 0. The van der Waals surface area contributed by atoms with Crippen molar-refractivity contribution in [2.24, 2.45) is 0 Å². The van der Waals surface area contributed by atoms with Gasteiger partial charge >= 0.3 is 0 Å². The molecule has 5 heteroatoms. The summed E-state index contributed by atoms with van der Waals surface area (Å²) in [6, 6.07) is 1.84. The van der Waals surface area contributed by atoms with Gasteiger partial charge < -0.3 is 15.2 Å². The van der Waals surface area contributed by atoms with Crippen molar-refractivity contribution in [3.05, 3.63) is 24.3 Å². The summed E-state index contributed by atoms with van der Waals surface area (Å²) in [5, 5.41) is 11.8. The van der Waals surface area contributed by atoms with Crippen molar-refractivity contribution in [1.29, 1.82) is 0 Å². The molecule has 0 unspecified atom stereocenters. The number of aliphatic hydroxyl groups excluding tert-OH is 1. The highest BCUT2D eigenvalue weighted by molar-refractivity contribution is 4.88. The molecule has 5 nitrogen and oxygen atoms in total. The lowest BCUT2D eigenvalue weighted by molar-refractivity contribution is 0.126. The molecule has 1 heterocycles. The Balaban J connectivity index is 1.75. The molecule has 2 N–H and O–H groups in total. The molecule has 21 heavy (non-hydrogen) atoms. The van der Waals surface area contributed by atoms with Gasteiger partial charge in [-0.25, -0.2) is 9.97 Å². The summed E-state index contributed by atoms with van der Waals surface area (Å²) in [4.78, 5) is 8.40. The van der Waals surface area contributed by atoms with Gasteiger partial charge in [0.15, 0.2) is 0 Å². The molecular formula is C16H29N3O2. The molecular weight excluding hydrogens is 266 g/mol. The third-order valence-electron chi connectivity index (χ3n) is 3.24. The van der Waals surface area contributed by atoms with Crippen LogP contribution in [-0.2, 0) is 11.2 Å². The van der Waals surface area contributed by atoms with Gasteiger partial charge in [-0.05, 0) is 38.3 Å². The fourth-order valence-electron chi connectivity index (χ4n) is 2.06. The van der Waals surface area contributed by atoms with Crippen molar-refractivity contribution in [2.45, 2.75) is 44.9 Å². The first-order valence-corrected chi connectivity index (χ1v) is 8.08. The van der Waals surface area contributed by atoms with Crippen molar-refractivity contribution >= 4 is 0 Å². The van der Waals surface area contributed by atoms with Crippen LogP contribution in [0.3, 0.4) is 0 Å². The van der Waals surface area contributed by atoms with Gasteiger partial charge in [-0.1, -0.05) is 12.8 Å². The number of nitrogens with one attached hydrogen (secondary N) is 1. The maximum atomic E-state index is 8.61. The Morgan fingerprint density at radius 1 is 0.905 bits per heavy atom. The zero-order valence-corrected chi connectivity index (χ0v) is 13.0. The molecule has 0 amide bonds. The minimum atomic E-state index is 0.226. The largest absolute Gasteiger partial charge is 0.395 e. The second-order valence-electron chi connectivity index (χ2n) is 5.12. The van der Waals surface area contributed by atoms with E-state index in [4.69, 9.17) is 9.84 Å². The van der Waals surface area contributed by atoms with Gasteiger partial charge in [0.05, 0.1) is 6.61 Å². The van der Waals surface area contributed by atoms with Gasteiger partial charge in [-0.2, -0.15) is 0 Å². The molecule has 0 saturated heterocycles. The number of rotatable bonds is 14. The number of aliphatic hydroxyl groups is 1.